The summed E-state index contributed by atoms with van der Waals surface area (Å²) in [5.41, 5.74) is 1.17. The van der Waals surface area contributed by atoms with Crippen LogP contribution in [0, 0.1) is 0 Å². The highest BCUT2D eigenvalue weighted by Crippen LogP contribution is 2.31. The first-order chi connectivity index (χ1) is 10.7. The largest absolute Gasteiger partial charge is 0.497 e. The van der Waals surface area contributed by atoms with E-state index in [-0.39, 0.29) is 5.92 Å². The van der Waals surface area contributed by atoms with Crippen LogP contribution in [0.1, 0.15) is 44.1 Å². The molecule has 2 saturated heterocycles. The van der Waals surface area contributed by atoms with Crippen LogP contribution >= 0.6 is 0 Å². The van der Waals surface area contributed by atoms with Crippen molar-refractivity contribution in [2.75, 3.05) is 20.2 Å². The highest BCUT2D eigenvalue weighted by Gasteiger charge is 2.38. The number of nitrogens with zero attached hydrogens (tertiary/aromatic N) is 1. The van der Waals surface area contributed by atoms with Crippen LogP contribution in [0.5, 0.6) is 5.75 Å². The normalized spacial score (nSPS) is 25.6. The molecule has 4 heteroatoms. The summed E-state index contributed by atoms with van der Waals surface area (Å²) in [5, 5.41) is 3.45. The van der Waals surface area contributed by atoms with Gasteiger partial charge in [0.2, 0.25) is 5.91 Å². The zero-order chi connectivity index (χ0) is 15.5. The van der Waals surface area contributed by atoms with Gasteiger partial charge in [0, 0.05) is 25.0 Å². The highest BCUT2D eigenvalue weighted by atomic mass is 16.5. The fourth-order valence-electron chi connectivity index (χ4n) is 3.82. The Morgan fingerprint density at radius 2 is 2.18 bits per heavy atom. The number of nitrogens with one attached hydrogen (secondary N) is 1. The van der Waals surface area contributed by atoms with Gasteiger partial charge >= 0.3 is 0 Å². The number of fused-ring (bicyclic) bond motifs is 2. The molecule has 1 N–H and O–H groups in total. The third-order valence-electron chi connectivity index (χ3n) is 5.09. The quantitative estimate of drug-likeness (QED) is 0.929. The van der Waals surface area contributed by atoms with Gasteiger partial charge in [-0.15, -0.1) is 0 Å². The molecule has 0 aliphatic carbocycles. The maximum Gasteiger partial charge on any atom is 0.223 e. The number of benzene rings is 1. The Morgan fingerprint density at radius 1 is 1.36 bits per heavy atom. The van der Waals surface area contributed by atoms with Gasteiger partial charge in [0.1, 0.15) is 5.75 Å². The molecule has 2 aliphatic rings. The first kappa shape index (κ1) is 15.3. The van der Waals surface area contributed by atoms with E-state index in [0.29, 0.717) is 24.4 Å². The van der Waals surface area contributed by atoms with Crippen molar-refractivity contribution in [2.24, 2.45) is 0 Å². The zero-order valence-corrected chi connectivity index (χ0v) is 13.5. The lowest BCUT2D eigenvalue weighted by atomic mass is 9.96. The van der Waals surface area contributed by atoms with Gasteiger partial charge in [0.25, 0.3) is 0 Å². The smallest absolute Gasteiger partial charge is 0.223 e. The summed E-state index contributed by atoms with van der Waals surface area (Å²) >= 11 is 0. The fraction of sp³-hybridized carbons (Fsp3) is 0.611. The number of amides is 1. The minimum absolute atomic E-state index is 0.221. The predicted molar refractivity (Wildman–Crippen MR) is 87.2 cm³/mol. The molecule has 2 fully saturated rings. The Hall–Kier alpha value is -1.55. The molecule has 3 atom stereocenters. The average Bonchev–Trinajstić information content (AvgIpc) is 2.80. The molecule has 1 aromatic carbocycles. The van der Waals surface area contributed by atoms with Crippen molar-refractivity contribution in [1.29, 1.82) is 0 Å². The molecule has 0 spiro atoms. The van der Waals surface area contributed by atoms with Gasteiger partial charge < -0.3 is 15.0 Å². The van der Waals surface area contributed by atoms with Crippen molar-refractivity contribution >= 4 is 5.91 Å². The second kappa shape index (κ2) is 6.69. The second-order valence-electron chi connectivity index (χ2n) is 6.56. The summed E-state index contributed by atoms with van der Waals surface area (Å²) in [5.74, 6) is 1.39. The van der Waals surface area contributed by atoms with Crippen molar-refractivity contribution in [1.82, 2.24) is 10.2 Å². The molecule has 22 heavy (non-hydrogen) atoms. The number of hydrogen-bond donors (Lipinski definition) is 1. The zero-order valence-electron chi connectivity index (χ0n) is 13.5. The van der Waals surface area contributed by atoms with E-state index in [1.807, 2.05) is 18.2 Å². The fourth-order valence-corrected chi connectivity index (χ4v) is 3.82. The second-order valence-corrected chi connectivity index (χ2v) is 6.56. The number of methoxy groups -OCH3 is 1. The minimum Gasteiger partial charge on any atom is -0.497 e. The minimum atomic E-state index is 0.221. The van der Waals surface area contributed by atoms with Crippen LogP contribution in [0.15, 0.2) is 24.3 Å². The molecule has 0 saturated carbocycles. The summed E-state index contributed by atoms with van der Waals surface area (Å²) in [7, 11) is 1.68. The van der Waals surface area contributed by atoms with Crippen LogP contribution in [0.4, 0.5) is 0 Å². The van der Waals surface area contributed by atoms with E-state index in [1.165, 1.54) is 12.0 Å². The van der Waals surface area contributed by atoms with Crippen molar-refractivity contribution < 1.29 is 9.53 Å². The molecule has 3 rings (SSSR count). The molecule has 4 nitrogen and oxygen atoms in total. The first-order valence-electron chi connectivity index (χ1n) is 8.35. The summed E-state index contributed by atoms with van der Waals surface area (Å²) in [4.78, 5) is 15.0. The average molecular weight is 302 g/mol. The monoisotopic (exact) mass is 302 g/mol. The summed E-state index contributed by atoms with van der Waals surface area (Å²) in [6, 6.07) is 8.91. The number of ether oxygens (including phenoxy) is 1. The molecule has 1 aromatic rings. The van der Waals surface area contributed by atoms with Crippen LogP contribution in [0.25, 0.3) is 0 Å². The maximum absolute atomic E-state index is 12.8. The Bertz CT molecular complexity index is 518. The predicted octanol–water partition coefficient (Wildman–Crippen LogP) is 2.54. The van der Waals surface area contributed by atoms with Crippen molar-refractivity contribution in [2.45, 2.75) is 50.6 Å². The van der Waals surface area contributed by atoms with Gasteiger partial charge in [-0.05, 0) is 49.4 Å². The standard InChI is InChI=1S/C18H26N2O2/c1-13(14-4-3-5-17(11-14)22-2)10-18(21)20-15-6-7-16(20)12-19-9-8-15/h3-5,11,13,15-16,19H,6-10,12H2,1-2H3. The lowest BCUT2D eigenvalue weighted by molar-refractivity contribution is -0.134. The third-order valence-corrected chi connectivity index (χ3v) is 5.09. The number of carbonyl (C=O) groups excluding carboxylic acids is 1. The van der Waals surface area contributed by atoms with Gasteiger partial charge in [-0.1, -0.05) is 19.1 Å². The maximum atomic E-state index is 12.8. The highest BCUT2D eigenvalue weighted by molar-refractivity contribution is 5.78. The summed E-state index contributed by atoms with van der Waals surface area (Å²) < 4.78 is 5.28. The molecule has 120 valence electrons. The Kier molecular flexibility index (Phi) is 4.67. The SMILES string of the molecule is COc1cccc(C(C)CC(=O)N2C3CCNCC2CC3)c1. The van der Waals surface area contributed by atoms with Crippen molar-refractivity contribution in [3.05, 3.63) is 29.8 Å². The topological polar surface area (TPSA) is 41.6 Å². The summed E-state index contributed by atoms with van der Waals surface area (Å²) in [6.45, 7) is 4.12. The van der Waals surface area contributed by atoms with Crippen LogP contribution in [-0.4, -0.2) is 43.1 Å². The Morgan fingerprint density at radius 3 is 3.00 bits per heavy atom. The van der Waals surface area contributed by atoms with E-state index >= 15 is 0 Å². The molecule has 0 radical (unpaired) electrons. The molecule has 2 bridgehead atoms. The lowest BCUT2D eigenvalue weighted by Gasteiger charge is -2.29. The Balaban J connectivity index is 1.68. The van der Waals surface area contributed by atoms with Crippen molar-refractivity contribution in [3.63, 3.8) is 0 Å². The molecule has 2 aliphatic heterocycles. The Labute approximate surface area is 132 Å². The first-order valence-corrected chi connectivity index (χ1v) is 8.35. The van der Waals surface area contributed by atoms with Gasteiger partial charge in [0.05, 0.1) is 7.11 Å². The van der Waals surface area contributed by atoms with E-state index in [2.05, 4.69) is 23.2 Å². The van der Waals surface area contributed by atoms with Crippen LogP contribution in [0.2, 0.25) is 0 Å². The van der Waals surface area contributed by atoms with Crippen LogP contribution < -0.4 is 10.1 Å². The summed E-state index contributed by atoms with van der Waals surface area (Å²) in [6.07, 6.45) is 4.00. The van der Waals surface area contributed by atoms with E-state index in [0.717, 1.165) is 31.7 Å². The molecule has 3 unspecified atom stereocenters. The van der Waals surface area contributed by atoms with E-state index in [4.69, 9.17) is 4.74 Å². The number of carbonyl (C=O) groups is 1. The van der Waals surface area contributed by atoms with Gasteiger partial charge in [-0.2, -0.15) is 0 Å². The molecule has 2 heterocycles. The third kappa shape index (κ3) is 3.12. The van der Waals surface area contributed by atoms with Crippen molar-refractivity contribution in [3.8, 4) is 5.75 Å². The van der Waals surface area contributed by atoms with Gasteiger partial charge in [-0.3, -0.25) is 4.79 Å². The van der Waals surface area contributed by atoms with Crippen LogP contribution in [-0.2, 0) is 4.79 Å². The van der Waals surface area contributed by atoms with E-state index in [1.54, 1.807) is 7.11 Å². The molecule has 1 amide bonds. The lowest BCUT2D eigenvalue weighted by Crippen LogP contribution is -2.42. The molecule has 0 aromatic heterocycles. The van der Waals surface area contributed by atoms with Gasteiger partial charge in [0.15, 0.2) is 0 Å². The number of hydrogen-bond acceptors (Lipinski definition) is 3. The molecular formula is C18H26N2O2. The van der Waals surface area contributed by atoms with Gasteiger partial charge in [-0.25, -0.2) is 0 Å². The molecular weight excluding hydrogens is 276 g/mol. The number of rotatable bonds is 4. The van der Waals surface area contributed by atoms with E-state index in [9.17, 15) is 4.79 Å². The van der Waals surface area contributed by atoms with Crippen LogP contribution in [0.3, 0.4) is 0 Å². The van der Waals surface area contributed by atoms with E-state index < -0.39 is 0 Å².